The van der Waals surface area contributed by atoms with Crippen LogP contribution < -0.4 is 10.5 Å². The lowest BCUT2D eigenvalue weighted by molar-refractivity contribution is -0.384. The molecule has 1 atom stereocenters. The Bertz CT molecular complexity index is 1710. The van der Waals surface area contributed by atoms with Crippen LogP contribution in [0.1, 0.15) is 28.6 Å². The summed E-state index contributed by atoms with van der Waals surface area (Å²) in [6, 6.07) is 24.0. The van der Waals surface area contributed by atoms with Gasteiger partial charge >= 0.3 is 0 Å². The number of nitro groups is 1. The van der Waals surface area contributed by atoms with E-state index in [1.165, 1.54) is 12.1 Å². The Balaban J connectivity index is 1.35. The van der Waals surface area contributed by atoms with Crippen LogP contribution in [0.3, 0.4) is 0 Å². The van der Waals surface area contributed by atoms with Crippen molar-refractivity contribution in [1.82, 2.24) is 30.1 Å². The highest BCUT2D eigenvalue weighted by atomic mass is 16.6. The van der Waals surface area contributed by atoms with Gasteiger partial charge in [-0.05, 0) is 52.1 Å². The first-order valence-electron chi connectivity index (χ1n) is 13.1. The topological polar surface area (TPSA) is 126 Å². The smallest absolute Gasteiger partial charge is 0.269 e. The zero-order valence-corrected chi connectivity index (χ0v) is 22.0. The standard InChI is InChI=1S/C29H28N8O3/c1-20-6-5-9-22-18-25(29(38)30-26(20)22)27(28-31-32-33-36(28)19-21-7-3-2-4-8-21)35-16-14-34(15-17-35)23-10-12-24(13-11-23)37(39)40/h2-13,18,27H,14-17,19H2,1H3,(H,30,38)/t27-/m0/s1. The Hall–Kier alpha value is -4.90. The molecule has 6 rings (SSSR count). The van der Waals surface area contributed by atoms with Crippen molar-refractivity contribution in [1.29, 1.82) is 0 Å². The molecule has 1 N–H and O–H groups in total. The summed E-state index contributed by atoms with van der Waals surface area (Å²) in [6.45, 7) is 5.11. The van der Waals surface area contributed by atoms with Crippen LogP contribution in [0, 0.1) is 17.0 Å². The van der Waals surface area contributed by atoms with Gasteiger partial charge in [0.25, 0.3) is 11.2 Å². The molecule has 1 aliphatic rings. The van der Waals surface area contributed by atoms with Crippen LogP contribution in [0.2, 0.25) is 0 Å². The van der Waals surface area contributed by atoms with Gasteiger partial charge in [-0.2, -0.15) is 0 Å². The van der Waals surface area contributed by atoms with E-state index in [4.69, 9.17) is 0 Å². The number of H-pyrrole nitrogens is 1. The van der Waals surface area contributed by atoms with Gasteiger partial charge in [-0.3, -0.25) is 19.8 Å². The second kappa shape index (κ2) is 10.7. The van der Waals surface area contributed by atoms with E-state index in [1.807, 2.05) is 61.5 Å². The van der Waals surface area contributed by atoms with Gasteiger partial charge < -0.3 is 9.88 Å². The molecule has 0 spiro atoms. The number of rotatable bonds is 7. The summed E-state index contributed by atoms with van der Waals surface area (Å²) in [4.78, 5) is 31.8. The van der Waals surface area contributed by atoms with Crippen molar-refractivity contribution < 1.29 is 4.92 Å². The zero-order valence-electron chi connectivity index (χ0n) is 22.0. The van der Waals surface area contributed by atoms with Crippen molar-refractivity contribution in [3.8, 4) is 0 Å². The molecule has 0 radical (unpaired) electrons. The fourth-order valence-corrected chi connectivity index (χ4v) is 5.40. The Morgan fingerprint density at radius 2 is 1.73 bits per heavy atom. The van der Waals surface area contributed by atoms with E-state index < -0.39 is 11.0 Å². The molecule has 5 aromatic rings. The predicted octanol–water partition coefficient (Wildman–Crippen LogP) is 3.69. The minimum absolute atomic E-state index is 0.0680. The quantitative estimate of drug-likeness (QED) is 0.247. The molecule has 11 nitrogen and oxygen atoms in total. The highest BCUT2D eigenvalue weighted by Crippen LogP contribution is 2.30. The highest BCUT2D eigenvalue weighted by molar-refractivity contribution is 5.82. The summed E-state index contributed by atoms with van der Waals surface area (Å²) in [5.74, 6) is 0.602. The molecule has 0 saturated carbocycles. The average Bonchev–Trinajstić information content (AvgIpc) is 3.42. The van der Waals surface area contributed by atoms with Gasteiger partial charge in [0.2, 0.25) is 0 Å². The van der Waals surface area contributed by atoms with Crippen molar-refractivity contribution in [3.05, 3.63) is 122 Å². The van der Waals surface area contributed by atoms with E-state index in [-0.39, 0.29) is 11.2 Å². The Morgan fingerprint density at radius 1 is 0.975 bits per heavy atom. The Morgan fingerprint density at radius 3 is 2.45 bits per heavy atom. The maximum absolute atomic E-state index is 13.6. The van der Waals surface area contributed by atoms with E-state index >= 15 is 0 Å². The molecule has 0 bridgehead atoms. The maximum atomic E-state index is 13.6. The SMILES string of the molecule is Cc1cccc2cc([C@@H](c3nnnn3Cc3ccccc3)N3CCN(c4ccc([N+](=O)[O-])cc4)CC3)c(=O)[nH]c12. The number of fused-ring (bicyclic) bond motifs is 1. The normalized spacial score (nSPS) is 14.9. The first kappa shape index (κ1) is 25.4. The lowest BCUT2D eigenvalue weighted by Gasteiger charge is -2.39. The van der Waals surface area contributed by atoms with E-state index in [9.17, 15) is 14.9 Å². The summed E-state index contributed by atoms with van der Waals surface area (Å²) in [7, 11) is 0. The zero-order chi connectivity index (χ0) is 27.6. The number of piperazine rings is 1. The number of anilines is 1. The Labute approximate surface area is 229 Å². The molecule has 2 aromatic heterocycles. The van der Waals surface area contributed by atoms with Crippen molar-refractivity contribution in [2.24, 2.45) is 0 Å². The third kappa shape index (κ3) is 4.94. The fraction of sp³-hybridized carbons (Fsp3) is 0.241. The molecule has 1 fully saturated rings. The lowest BCUT2D eigenvalue weighted by Crippen LogP contribution is -2.49. The lowest BCUT2D eigenvalue weighted by atomic mass is 10.0. The number of hydrogen-bond donors (Lipinski definition) is 1. The monoisotopic (exact) mass is 536 g/mol. The number of para-hydroxylation sites is 1. The second-order valence-electron chi connectivity index (χ2n) is 9.97. The first-order valence-corrected chi connectivity index (χ1v) is 13.1. The van der Waals surface area contributed by atoms with Gasteiger partial charge in [0.1, 0.15) is 6.04 Å². The van der Waals surface area contributed by atoms with Gasteiger partial charge in [-0.15, -0.1) is 5.10 Å². The summed E-state index contributed by atoms with van der Waals surface area (Å²) < 4.78 is 1.77. The van der Waals surface area contributed by atoms with Crippen molar-refractivity contribution in [2.75, 3.05) is 31.1 Å². The number of nitrogens with one attached hydrogen (secondary N) is 1. The molecule has 202 valence electrons. The maximum Gasteiger partial charge on any atom is 0.269 e. The summed E-state index contributed by atoms with van der Waals surface area (Å²) >= 11 is 0. The molecule has 0 unspecified atom stereocenters. The van der Waals surface area contributed by atoms with Crippen LogP contribution in [0.4, 0.5) is 11.4 Å². The van der Waals surface area contributed by atoms with Crippen LogP contribution >= 0.6 is 0 Å². The first-order chi connectivity index (χ1) is 19.5. The number of aromatic amines is 1. The van der Waals surface area contributed by atoms with Crippen LogP contribution in [0.25, 0.3) is 10.9 Å². The van der Waals surface area contributed by atoms with Gasteiger partial charge in [0.15, 0.2) is 5.82 Å². The average molecular weight is 537 g/mol. The number of non-ortho nitro benzene ring substituents is 1. The number of aryl methyl sites for hydroxylation is 1. The molecule has 0 amide bonds. The van der Waals surface area contributed by atoms with Crippen LogP contribution in [-0.2, 0) is 6.54 Å². The predicted molar refractivity (Wildman–Crippen MR) is 151 cm³/mol. The molecule has 1 saturated heterocycles. The number of nitrogens with zero attached hydrogens (tertiary/aromatic N) is 7. The van der Waals surface area contributed by atoms with E-state index in [0.717, 1.165) is 27.7 Å². The summed E-state index contributed by atoms with van der Waals surface area (Å²) in [5, 5.41) is 24.8. The number of benzene rings is 3. The molecular formula is C29H28N8O3. The van der Waals surface area contributed by atoms with Gasteiger partial charge in [-0.25, -0.2) is 4.68 Å². The minimum Gasteiger partial charge on any atom is -0.369 e. The number of hydrogen-bond acceptors (Lipinski definition) is 8. The largest absolute Gasteiger partial charge is 0.369 e. The molecule has 3 aromatic carbocycles. The molecule has 40 heavy (non-hydrogen) atoms. The van der Waals surface area contributed by atoms with Gasteiger partial charge in [-0.1, -0.05) is 48.5 Å². The third-order valence-electron chi connectivity index (χ3n) is 7.50. The third-order valence-corrected chi connectivity index (χ3v) is 7.50. The molecule has 0 aliphatic carbocycles. The molecule has 1 aliphatic heterocycles. The summed E-state index contributed by atoms with van der Waals surface area (Å²) in [6.07, 6.45) is 0. The molecule has 11 heteroatoms. The van der Waals surface area contributed by atoms with Crippen LogP contribution in [0.5, 0.6) is 0 Å². The number of pyridine rings is 1. The second-order valence-corrected chi connectivity index (χ2v) is 9.97. The van der Waals surface area contributed by atoms with Crippen LogP contribution in [0.15, 0.2) is 83.7 Å². The molecule has 3 heterocycles. The summed E-state index contributed by atoms with van der Waals surface area (Å²) in [5.41, 5.74) is 4.30. The fourth-order valence-electron chi connectivity index (χ4n) is 5.40. The number of nitro benzene ring substituents is 1. The van der Waals surface area contributed by atoms with E-state index in [1.54, 1.807) is 16.8 Å². The van der Waals surface area contributed by atoms with E-state index in [2.05, 4.69) is 30.3 Å². The van der Waals surface area contributed by atoms with Crippen molar-refractivity contribution in [3.63, 3.8) is 0 Å². The number of tetrazole rings is 1. The minimum atomic E-state index is -0.466. The van der Waals surface area contributed by atoms with E-state index in [0.29, 0.717) is 44.1 Å². The van der Waals surface area contributed by atoms with Gasteiger partial charge in [0.05, 0.1) is 17.0 Å². The van der Waals surface area contributed by atoms with Gasteiger partial charge in [0, 0.05) is 49.6 Å². The Kier molecular flexibility index (Phi) is 6.79. The van der Waals surface area contributed by atoms with Crippen molar-refractivity contribution in [2.45, 2.75) is 19.5 Å². The van der Waals surface area contributed by atoms with Crippen LogP contribution in [-0.4, -0.2) is 61.2 Å². The number of aromatic nitrogens is 5. The highest BCUT2D eigenvalue weighted by Gasteiger charge is 2.33. The molecular weight excluding hydrogens is 508 g/mol. The van der Waals surface area contributed by atoms with Crippen molar-refractivity contribution >= 4 is 22.3 Å².